The van der Waals surface area contributed by atoms with Gasteiger partial charge in [-0.05, 0) is 12.3 Å². The molecule has 1 aliphatic carbocycles. The summed E-state index contributed by atoms with van der Waals surface area (Å²) < 4.78 is 0. The van der Waals surface area contributed by atoms with Crippen molar-refractivity contribution in [1.82, 2.24) is 0 Å². The van der Waals surface area contributed by atoms with E-state index in [-0.39, 0.29) is 12.6 Å². The second kappa shape index (κ2) is 4.91. The van der Waals surface area contributed by atoms with Gasteiger partial charge < -0.3 is 10.8 Å². The van der Waals surface area contributed by atoms with E-state index in [4.69, 9.17) is 10.8 Å². The summed E-state index contributed by atoms with van der Waals surface area (Å²) in [5.41, 5.74) is 5.62. The van der Waals surface area contributed by atoms with Crippen LogP contribution < -0.4 is 5.73 Å². The van der Waals surface area contributed by atoms with Crippen LogP contribution in [0.2, 0.25) is 0 Å². The van der Waals surface area contributed by atoms with Gasteiger partial charge >= 0.3 is 0 Å². The Morgan fingerprint density at radius 2 is 1.75 bits per heavy atom. The molecule has 66 valence electrons. The lowest BCUT2D eigenvalue weighted by molar-refractivity contribution is 0.255. The average Bonchev–Trinajstić information content (AvgIpc) is 2.33. The van der Waals surface area contributed by atoms with E-state index >= 15 is 0 Å². The van der Waals surface area contributed by atoms with E-state index in [2.05, 4.69) is 12.2 Å². The van der Waals surface area contributed by atoms with Gasteiger partial charge in [-0.25, -0.2) is 0 Å². The van der Waals surface area contributed by atoms with E-state index in [0.29, 0.717) is 5.92 Å². The zero-order valence-corrected chi connectivity index (χ0v) is 7.06. The fraction of sp³-hybridized carbons (Fsp3) is 0.400. The SMILES string of the molecule is NC(CO)CC1C=CC=CC=C1. The third-order valence-corrected chi connectivity index (χ3v) is 1.86. The Bertz CT molecular complexity index is 190. The van der Waals surface area contributed by atoms with Crippen molar-refractivity contribution in [2.24, 2.45) is 11.7 Å². The van der Waals surface area contributed by atoms with Crippen LogP contribution in [-0.4, -0.2) is 17.8 Å². The molecule has 0 fully saturated rings. The summed E-state index contributed by atoms with van der Waals surface area (Å²) in [5.74, 6) is 0.363. The molecule has 2 heteroatoms. The number of nitrogens with two attached hydrogens (primary N) is 1. The van der Waals surface area contributed by atoms with Crippen LogP contribution in [0.15, 0.2) is 36.5 Å². The zero-order valence-electron chi connectivity index (χ0n) is 7.06. The molecule has 0 heterocycles. The number of hydrogen-bond acceptors (Lipinski definition) is 2. The van der Waals surface area contributed by atoms with Crippen molar-refractivity contribution in [2.45, 2.75) is 12.5 Å². The van der Waals surface area contributed by atoms with Gasteiger partial charge in [0.25, 0.3) is 0 Å². The average molecular weight is 165 g/mol. The van der Waals surface area contributed by atoms with Crippen molar-refractivity contribution >= 4 is 0 Å². The summed E-state index contributed by atoms with van der Waals surface area (Å²) in [7, 11) is 0. The van der Waals surface area contributed by atoms with Crippen LogP contribution in [-0.2, 0) is 0 Å². The van der Waals surface area contributed by atoms with Crippen LogP contribution in [0.5, 0.6) is 0 Å². The summed E-state index contributed by atoms with van der Waals surface area (Å²) in [6.45, 7) is 0.0611. The van der Waals surface area contributed by atoms with Crippen molar-refractivity contribution in [2.75, 3.05) is 6.61 Å². The minimum atomic E-state index is -0.109. The van der Waals surface area contributed by atoms with Crippen molar-refractivity contribution in [3.63, 3.8) is 0 Å². The first kappa shape index (κ1) is 9.23. The van der Waals surface area contributed by atoms with Crippen LogP contribution in [0.3, 0.4) is 0 Å². The number of aliphatic hydroxyl groups is 1. The minimum Gasteiger partial charge on any atom is -0.395 e. The van der Waals surface area contributed by atoms with Crippen LogP contribution in [0, 0.1) is 5.92 Å². The van der Waals surface area contributed by atoms with Crippen molar-refractivity contribution in [3.05, 3.63) is 36.5 Å². The van der Waals surface area contributed by atoms with Gasteiger partial charge in [-0.15, -0.1) is 0 Å². The van der Waals surface area contributed by atoms with Gasteiger partial charge in [-0.1, -0.05) is 36.5 Å². The molecule has 0 aromatic rings. The van der Waals surface area contributed by atoms with Gasteiger partial charge in [0.2, 0.25) is 0 Å². The molecule has 1 atom stereocenters. The molecule has 1 rings (SSSR count). The molecule has 2 nitrogen and oxygen atoms in total. The lowest BCUT2D eigenvalue weighted by Gasteiger charge is -2.11. The molecule has 0 amide bonds. The summed E-state index contributed by atoms with van der Waals surface area (Å²) in [4.78, 5) is 0. The summed E-state index contributed by atoms with van der Waals surface area (Å²) in [5, 5.41) is 8.75. The van der Waals surface area contributed by atoms with Crippen LogP contribution in [0.1, 0.15) is 6.42 Å². The quantitative estimate of drug-likeness (QED) is 0.655. The normalized spacial score (nSPS) is 19.5. The van der Waals surface area contributed by atoms with Gasteiger partial charge in [0, 0.05) is 6.04 Å². The summed E-state index contributed by atoms with van der Waals surface area (Å²) in [6.07, 6.45) is 13.0. The summed E-state index contributed by atoms with van der Waals surface area (Å²) in [6, 6.07) is -0.109. The largest absolute Gasteiger partial charge is 0.395 e. The Hall–Kier alpha value is -0.860. The zero-order chi connectivity index (χ0) is 8.81. The molecule has 0 saturated heterocycles. The molecule has 12 heavy (non-hydrogen) atoms. The Morgan fingerprint density at radius 1 is 1.17 bits per heavy atom. The predicted molar refractivity (Wildman–Crippen MR) is 50.6 cm³/mol. The highest BCUT2D eigenvalue weighted by atomic mass is 16.3. The molecule has 0 bridgehead atoms. The van der Waals surface area contributed by atoms with Crippen LogP contribution in [0.4, 0.5) is 0 Å². The Labute approximate surface area is 73.1 Å². The predicted octanol–water partition coefficient (Wildman–Crippen LogP) is 0.995. The van der Waals surface area contributed by atoms with Crippen LogP contribution in [0.25, 0.3) is 0 Å². The standard InChI is InChI=1S/C10H15NO/c11-10(8-12)7-9-5-3-1-2-4-6-9/h1-6,9-10,12H,7-8,11H2. The van der Waals surface area contributed by atoms with E-state index in [1.807, 2.05) is 24.3 Å². The molecule has 3 N–H and O–H groups in total. The lowest BCUT2D eigenvalue weighted by atomic mass is 10.0. The first-order valence-electron chi connectivity index (χ1n) is 4.21. The Kier molecular flexibility index (Phi) is 3.77. The highest BCUT2D eigenvalue weighted by Crippen LogP contribution is 2.11. The number of rotatable bonds is 3. The molecular formula is C10H15NO. The second-order valence-corrected chi connectivity index (χ2v) is 3.00. The Balaban J connectivity index is 2.42. The molecule has 0 spiro atoms. The molecule has 0 saturated carbocycles. The van der Waals surface area contributed by atoms with E-state index in [0.717, 1.165) is 6.42 Å². The van der Waals surface area contributed by atoms with Gasteiger partial charge in [-0.3, -0.25) is 0 Å². The number of hydrogen-bond donors (Lipinski definition) is 2. The van der Waals surface area contributed by atoms with Gasteiger partial charge in [0.15, 0.2) is 0 Å². The van der Waals surface area contributed by atoms with E-state index in [1.165, 1.54) is 0 Å². The van der Waals surface area contributed by atoms with Gasteiger partial charge in [-0.2, -0.15) is 0 Å². The molecular weight excluding hydrogens is 150 g/mol. The number of allylic oxidation sites excluding steroid dienone is 6. The molecule has 0 radical (unpaired) electrons. The fourth-order valence-electron chi connectivity index (χ4n) is 1.19. The molecule has 0 aromatic heterocycles. The fourth-order valence-corrected chi connectivity index (χ4v) is 1.19. The third-order valence-electron chi connectivity index (χ3n) is 1.86. The van der Waals surface area contributed by atoms with Gasteiger partial charge in [0.1, 0.15) is 0 Å². The monoisotopic (exact) mass is 165 g/mol. The van der Waals surface area contributed by atoms with Gasteiger partial charge in [0.05, 0.1) is 6.61 Å². The summed E-state index contributed by atoms with van der Waals surface area (Å²) >= 11 is 0. The first-order chi connectivity index (χ1) is 5.83. The molecule has 0 aromatic carbocycles. The topological polar surface area (TPSA) is 46.2 Å². The number of aliphatic hydroxyl groups excluding tert-OH is 1. The minimum absolute atomic E-state index is 0.0611. The van der Waals surface area contributed by atoms with Crippen molar-refractivity contribution in [3.8, 4) is 0 Å². The highest BCUT2D eigenvalue weighted by Gasteiger charge is 2.06. The van der Waals surface area contributed by atoms with E-state index < -0.39 is 0 Å². The van der Waals surface area contributed by atoms with E-state index in [9.17, 15) is 0 Å². The lowest BCUT2D eigenvalue weighted by Crippen LogP contribution is -2.26. The Morgan fingerprint density at radius 3 is 2.25 bits per heavy atom. The first-order valence-corrected chi connectivity index (χ1v) is 4.21. The third kappa shape index (κ3) is 3.03. The van der Waals surface area contributed by atoms with Crippen LogP contribution >= 0.6 is 0 Å². The smallest absolute Gasteiger partial charge is 0.0582 e. The van der Waals surface area contributed by atoms with E-state index in [1.54, 1.807) is 0 Å². The maximum absolute atomic E-state index is 8.75. The van der Waals surface area contributed by atoms with Crippen molar-refractivity contribution in [1.29, 1.82) is 0 Å². The second-order valence-electron chi connectivity index (χ2n) is 3.00. The molecule has 1 unspecified atom stereocenters. The highest BCUT2D eigenvalue weighted by molar-refractivity contribution is 5.19. The molecule has 1 aliphatic rings. The maximum Gasteiger partial charge on any atom is 0.0582 e. The molecule has 0 aliphatic heterocycles. The maximum atomic E-state index is 8.75. The van der Waals surface area contributed by atoms with Crippen molar-refractivity contribution < 1.29 is 5.11 Å².